The van der Waals surface area contributed by atoms with E-state index in [1.54, 1.807) is 7.11 Å². The van der Waals surface area contributed by atoms with Gasteiger partial charge in [0.2, 0.25) is 0 Å². The van der Waals surface area contributed by atoms with Crippen LogP contribution < -0.4 is 0 Å². The van der Waals surface area contributed by atoms with Gasteiger partial charge in [0.05, 0.1) is 26.2 Å². The van der Waals surface area contributed by atoms with Gasteiger partial charge in [0.15, 0.2) is 0 Å². The van der Waals surface area contributed by atoms with Gasteiger partial charge in [-0.05, 0) is 30.7 Å². The number of hydrogen-bond donors (Lipinski definition) is 0. The number of rotatable bonds is 8. The molecular formula is C18H26N2O3. The van der Waals surface area contributed by atoms with Gasteiger partial charge in [-0.1, -0.05) is 30.3 Å². The summed E-state index contributed by atoms with van der Waals surface area (Å²) in [5.41, 5.74) is 1.14. The molecule has 2 atom stereocenters. The number of hydrogen-bond acceptors (Lipinski definition) is 5. The van der Waals surface area contributed by atoms with Crippen molar-refractivity contribution in [2.24, 2.45) is 5.10 Å². The van der Waals surface area contributed by atoms with Crippen LogP contribution in [0.5, 0.6) is 0 Å². The van der Waals surface area contributed by atoms with Crippen LogP contribution in [-0.4, -0.2) is 50.6 Å². The average Bonchev–Trinajstić information content (AvgIpc) is 3.02. The second-order valence-corrected chi connectivity index (χ2v) is 5.84. The molecule has 1 aromatic rings. The van der Waals surface area contributed by atoms with Crippen LogP contribution in [0, 0.1) is 0 Å². The molecule has 1 aromatic carbocycles. The van der Waals surface area contributed by atoms with E-state index in [0.29, 0.717) is 19.1 Å². The highest BCUT2D eigenvalue weighted by atomic mass is 16.5. The van der Waals surface area contributed by atoms with Crippen molar-refractivity contribution in [3.05, 3.63) is 35.9 Å². The van der Waals surface area contributed by atoms with Gasteiger partial charge in [0.25, 0.3) is 0 Å². The minimum absolute atomic E-state index is 0.0934. The van der Waals surface area contributed by atoms with Crippen LogP contribution in [-0.2, 0) is 14.3 Å². The minimum atomic E-state index is -0.189. The van der Waals surface area contributed by atoms with E-state index in [0.717, 1.165) is 31.4 Å². The summed E-state index contributed by atoms with van der Waals surface area (Å²) in [5, 5.41) is 6.70. The number of carbonyl (C=O) groups is 1. The summed E-state index contributed by atoms with van der Waals surface area (Å²) in [6.45, 7) is 1.68. The maximum atomic E-state index is 11.7. The Labute approximate surface area is 138 Å². The summed E-state index contributed by atoms with van der Waals surface area (Å²) in [5.74, 6) is -0.0958. The van der Waals surface area contributed by atoms with Crippen molar-refractivity contribution in [1.82, 2.24) is 5.01 Å². The molecule has 0 aromatic heterocycles. The Morgan fingerprint density at radius 3 is 2.87 bits per heavy atom. The fourth-order valence-corrected chi connectivity index (χ4v) is 2.96. The second-order valence-electron chi connectivity index (χ2n) is 5.84. The lowest BCUT2D eigenvalue weighted by atomic mass is 9.93. The first kappa shape index (κ1) is 17.5. The molecule has 0 radical (unpaired) electrons. The molecule has 0 unspecified atom stereocenters. The van der Waals surface area contributed by atoms with Crippen molar-refractivity contribution in [1.29, 1.82) is 0 Å². The van der Waals surface area contributed by atoms with Crippen LogP contribution in [0.4, 0.5) is 0 Å². The quantitative estimate of drug-likeness (QED) is 0.546. The fourth-order valence-electron chi connectivity index (χ4n) is 2.96. The lowest BCUT2D eigenvalue weighted by Gasteiger charge is -2.21. The summed E-state index contributed by atoms with van der Waals surface area (Å²) in [7, 11) is 3.15. The van der Waals surface area contributed by atoms with Crippen molar-refractivity contribution in [2.75, 3.05) is 27.4 Å². The number of hydrazone groups is 1. The van der Waals surface area contributed by atoms with Crippen LogP contribution in [0.3, 0.4) is 0 Å². The maximum Gasteiger partial charge on any atom is 0.306 e. The molecular weight excluding hydrogens is 292 g/mol. The topological polar surface area (TPSA) is 51.1 Å². The van der Waals surface area contributed by atoms with E-state index in [9.17, 15) is 4.79 Å². The van der Waals surface area contributed by atoms with Gasteiger partial charge in [-0.3, -0.25) is 9.80 Å². The monoisotopic (exact) mass is 318 g/mol. The molecule has 0 amide bonds. The van der Waals surface area contributed by atoms with Crippen molar-refractivity contribution in [2.45, 2.75) is 37.6 Å². The molecule has 5 nitrogen and oxygen atoms in total. The Hall–Kier alpha value is -1.88. The summed E-state index contributed by atoms with van der Waals surface area (Å²) in [6.07, 6.45) is 5.28. The molecule has 0 aliphatic carbocycles. The molecule has 1 heterocycles. The second kappa shape index (κ2) is 9.30. The zero-order valence-corrected chi connectivity index (χ0v) is 14.0. The van der Waals surface area contributed by atoms with Gasteiger partial charge in [-0.25, -0.2) is 0 Å². The van der Waals surface area contributed by atoms with Crippen LogP contribution in [0.15, 0.2) is 35.4 Å². The first-order valence-corrected chi connectivity index (χ1v) is 8.14. The highest BCUT2D eigenvalue weighted by molar-refractivity contribution is 5.71. The van der Waals surface area contributed by atoms with Crippen molar-refractivity contribution in [3.8, 4) is 0 Å². The number of nitrogens with zero attached hydrogens (tertiary/aromatic N) is 2. The van der Waals surface area contributed by atoms with E-state index in [1.165, 1.54) is 7.11 Å². The Bertz CT molecular complexity index is 504. The van der Waals surface area contributed by atoms with Gasteiger partial charge < -0.3 is 9.47 Å². The number of methoxy groups -OCH3 is 2. The van der Waals surface area contributed by atoms with Crippen LogP contribution in [0.1, 0.15) is 37.2 Å². The lowest BCUT2D eigenvalue weighted by Crippen LogP contribution is -2.28. The number of esters is 1. The fraction of sp³-hybridized carbons (Fsp3) is 0.556. The van der Waals surface area contributed by atoms with Crippen molar-refractivity contribution >= 4 is 12.2 Å². The Morgan fingerprint density at radius 1 is 1.39 bits per heavy atom. The van der Waals surface area contributed by atoms with Crippen LogP contribution in [0.2, 0.25) is 0 Å². The van der Waals surface area contributed by atoms with E-state index in [1.807, 2.05) is 36.5 Å². The van der Waals surface area contributed by atoms with Gasteiger partial charge >= 0.3 is 5.97 Å². The van der Waals surface area contributed by atoms with Crippen LogP contribution in [0.25, 0.3) is 0 Å². The smallest absolute Gasteiger partial charge is 0.306 e. The Balaban J connectivity index is 1.97. The summed E-state index contributed by atoms with van der Waals surface area (Å²) >= 11 is 0. The van der Waals surface area contributed by atoms with E-state index in [2.05, 4.69) is 10.1 Å². The SMILES string of the molecule is COC[C@@H]1CCCN1/N=C/C[C@H](CC(=O)OC)c1ccccc1. The summed E-state index contributed by atoms with van der Waals surface area (Å²) < 4.78 is 10.1. The van der Waals surface area contributed by atoms with Crippen LogP contribution >= 0.6 is 0 Å². The maximum absolute atomic E-state index is 11.7. The van der Waals surface area contributed by atoms with E-state index < -0.39 is 0 Å². The third-order valence-electron chi connectivity index (χ3n) is 4.24. The third kappa shape index (κ3) is 5.36. The van der Waals surface area contributed by atoms with E-state index in [-0.39, 0.29) is 11.9 Å². The van der Waals surface area contributed by atoms with Gasteiger partial charge in [0, 0.05) is 19.9 Å². The van der Waals surface area contributed by atoms with Gasteiger partial charge in [0.1, 0.15) is 0 Å². The standard InChI is InChI=1S/C18H26N2O3/c1-22-14-17-9-6-12-20(17)19-11-10-16(13-18(21)23-2)15-7-4-3-5-8-15/h3-5,7-8,11,16-17H,6,9-10,12-14H2,1-2H3/b19-11+/t16-,17+/m1/s1. The largest absolute Gasteiger partial charge is 0.469 e. The van der Waals surface area contributed by atoms with Crippen molar-refractivity contribution in [3.63, 3.8) is 0 Å². The highest BCUT2D eigenvalue weighted by Crippen LogP contribution is 2.23. The molecule has 1 saturated heterocycles. The molecule has 0 spiro atoms. The normalized spacial score (nSPS) is 19.2. The number of ether oxygens (including phenoxy) is 2. The molecule has 0 N–H and O–H groups in total. The minimum Gasteiger partial charge on any atom is -0.469 e. The van der Waals surface area contributed by atoms with Crippen molar-refractivity contribution < 1.29 is 14.3 Å². The Morgan fingerprint density at radius 2 is 2.17 bits per heavy atom. The van der Waals surface area contributed by atoms with Gasteiger partial charge in [-0.2, -0.15) is 5.10 Å². The molecule has 0 saturated carbocycles. The predicted octanol–water partition coefficient (Wildman–Crippen LogP) is 2.82. The molecule has 5 heteroatoms. The molecule has 2 rings (SSSR count). The molecule has 1 fully saturated rings. The molecule has 1 aliphatic rings. The average molecular weight is 318 g/mol. The lowest BCUT2D eigenvalue weighted by molar-refractivity contribution is -0.141. The molecule has 1 aliphatic heterocycles. The Kier molecular flexibility index (Phi) is 7.07. The zero-order valence-electron chi connectivity index (χ0n) is 14.0. The first-order chi connectivity index (χ1) is 11.2. The third-order valence-corrected chi connectivity index (χ3v) is 4.24. The van der Waals surface area contributed by atoms with E-state index >= 15 is 0 Å². The number of benzene rings is 1. The summed E-state index contributed by atoms with van der Waals surface area (Å²) in [4.78, 5) is 11.7. The van der Waals surface area contributed by atoms with Gasteiger partial charge in [-0.15, -0.1) is 0 Å². The molecule has 0 bridgehead atoms. The number of carbonyl (C=O) groups excluding carboxylic acids is 1. The van der Waals surface area contributed by atoms with E-state index in [4.69, 9.17) is 9.47 Å². The molecule has 126 valence electrons. The summed E-state index contributed by atoms with van der Waals surface area (Å²) in [6, 6.07) is 10.4. The first-order valence-electron chi connectivity index (χ1n) is 8.14. The predicted molar refractivity (Wildman–Crippen MR) is 90.5 cm³/mol. The molecule has 23 heavy (non-hydrogen) atoms. The zero-order chi connectivity index (χ0) is 16.5. The highest BCUT2D eigenvalue weighted by Gasteiger charge is 2.23.